The number of fused-ring (bicyclic) bond motifs is 3. The Morgan fingerprint density at radius 1 is 0.672 bits per heavy atom. The molecule has 20 nitrogen and oxygen atoms in total. The van der Waals surface area contributed by atoms with Crippen LogP contribution in [-0.2, 0) is 61.6 Å². The lowest BCUT2D eigenvalue weighted by Gasteiger charge is -2.61. The van der Waals surface area contributed by atoms with Crippen molar-refractivity contribution >= 4 is 5.97 Å². The summed E-state index contributed by atoms with van der Waals surface area (Å²) in [6.45, 7) is 6.67. The number of carbonyl (C=O) groups is 1. The predicted molar refractivity (Wildman–Crippen MR) is 225 cm³/mol. The molecule has 10 aliphatic rings. The van der Waals surface area contributed by atoms with Crippen molar-refractivity contribution in [2.75, 3.05) is 27.4 Å². The van der Waals surface area contributed by atoms with Crippen molar-refractivity contribution in [1.29, 1.82) is 0 Å². The van der Waals surface area contributed by atoms with Gasteiger partial charge in [-0.2, -0.15) is 0 Å². The van der Waals surface area contributed by atoms with Crippen LogP contribution in [0, 0.1) is 28.6 Å². The molecule has 67 heavy (non-hydrogen) atoms. The monoisotopic (exact) mass is 956 g/mol. The van der Waals surface area contributed by atoms with Crippen molar-refractivity contribution < 1.29 is 97.4 Å². The molecule has 0 aromatic heterocycles. The number of allylic oxidation sites excluding steroid dienone is 1. The molecule has 0 aromatic rings. The first-order valence-electron chi connectivity index (χ1n) is 24.5. The first-order valence-corrected chi connectivity index (χ1v) is 24.5. The summed E-state index contributed by atoms with van der Waals surface area (Å²) in [5.41, 5.74) is 0.521. The third kappa shape index (κ3) is 7.65. The van der Waals surface area contributed by atoms with Gasteiger partial charge in [0, 0.05) is 39.9 Å². The molecule has 4 aliphatic carbocycles. The van der Waals surface area contributed by atoms with E-state index in [2.05, 4.69) is 13.0 Å². The number of hydrogen-bond acceptors (Lipinski definition) is 20. The van der Waals surface area contributed by atoms with E-state index in [-0.39, 0.29) is 35.9 Å². The minimum absolute atomic E-state index is 0.00762. The van der Waals surface area contributed by atoms with Gasteiger partial charge in [0.25, 0.3) is 0 Å². The maximum absolute atomic E-state index is 13.5. The first-order chi connectivity index (χ1) is 31.9. The Kier molecular flexibility index (Phi) is 13.3. The topological polar surface area (TPSA) is 269 Å². The smallest absolute Gasteiger partial charge is 0.318 e. The third-order valence-electron chi connectivity index (χ3n) is 18.1. The van der Waals surface area contributed by atoms with Crippen molar-refractivity contribution in [3.05, 3.63) is 11.6 Å². The average Bonchev–Trinajstić information content (AvgIpc) is 3.85. The largest absolute Gasteiger partial charge is 0.432 e. The molecule has 0 unspecified atom stereocenters. The second kappa shape index (κ2) is 18.2. The molecule has 4 bridgehead atoms. The van der Waals surface area contributed by atoms with Gasteiger partial charge in [-0.15, -0.1) is 0 Å². The maximum atomic E-state index is 13.5. The van der Waals surface area contributed by atoms with Gasteiger partial charge in [0.2, 0.25) is 5.79 Å². The molecule has 7 N–H and O–H groups in total. The van der Waals surface area contributed by atoms with Crippen LogP contribution in [0.2, 0.25) is 0 Å². The second-order valence-corrected chi connectivity index (χ2v) is 21.4. The van der Waals surface area contributed by atoms with Crippen LogP contribution in [-0.4, -0.2) is 197 Å². The lowest BCUT2D eigenvalue weighted by molar-refractivity contribution is -0.375. The van der Waals surface area contributed by atoms with Crippen molar-refractivity contribution in [1.82, 2.24) is 0 Å². The van der Waals surface area contributed by atoms with E-state index in [1.54, 1.807) is 14.0 Å². The van der Waals surface area contributed by atoms with Crippen molar-refractivity contribution in [3.8, 4) is 0 Å². The molecule has 10 rings (SSSR count). The fourth-order valence-electron chi connectivity index (χ4n) is 14.8. The predicted octanol–water partition coefficient (Wildman–Crippen LogP) is 0.0508. The highest BCUT2D eigenvalue weighted by molar-refractivity contribution is 5.84. The molecule has 6 heterocycles. The zero-order chi connectivity index (χ0) is 47.5. The third-order valence-corrected chi connectivity index (χ3v) is 18.1. The molecule has 6 saturated heterocycles. The van der Waals surface area contributed by atoms with E-state index in [0.717, 1.165) is 51.4 Å². The van der Waals surface area contributed by atoms with Gasteiger partial charge < -0.3 is 92.6 Å². The van der Waals surface area contributed by atoms with E-state index in [9.17, 15) is 40.5 Å². The zero-order valence-electron chi connectivity index (χ0n) is 39.2. The number of esters is 1. The summed E-state index contributed by atoms with van der Waals surface area (Å²) in [5, 5.41) is 73.0. The van der Waals surface area contributed by atoms with Gasteiger partial charge in [-0.05, 0) is 82.5 Å². The highest BCUT2D eigenvalue weighted by Crippen LogP contribution is 2.78. The van der Waals surface area contributed by atoms with Crippen LogP contribution < -0.4 is 0 Å². The average molecular weight is 957 g/mol. The van der Waals surface area contributed by atoms with Gasteiger partial charge >= 0.3 is 5.97 Å². The Morgan fingerprint density at radius 3 is 1.94 bits per heavy atom. The number of ether oxygens (including phenoxy) is 12. The van der Waals surface area contributed by atoms with E-state index < -0.39 is 135 Å². The van der Waals surface area contributed by atoms with E-state index >= 15 is 0 Å². The van der Waals surface area contributed by atoms with Crippen LogP contribution in [0.4, 0.5) is 0 Å². The van der Waals surface area contributed by atoms with E-state index in [4.69, 9.17) is 56.8 Å². The summed E-state index contributed by atoms with van der Waals surface area (Å²) in [6, 6.07) is 0. The SMILES string of the molecule is CO[C@H]1C[C@H](O[C@H]2CC[C@@]3(C)C(=CC[C@@H]4[C@@H]3CC[C@@]35C(=O)O[C@]6(C)O[C@@]43CC[C@H]65)C2)O[C@H](C)[C@H]1O[C@H]1C[C@H](OC)[C@H](O[C@@H]2O[C@H](CO)[C@@H](O[C@@H]3O[C@H](CO)[C@@H](O)[C@H](O)[C@H]3O)[C@H](O)[C@H]2O)[C@@H](C)O1. The normalized spacial score (nSPS) is 55.9. The van der Waals surface area contributed by atoms with Crippen LogP contribution in [0.25, 0.3) is 0 Å². The van der Waals surface area contributed by atoms with Crippen LogP contribution in [0.1, 0.15) is 91.9 Å². The Morgan fingerprint density at radius 2 is 1.28 bits per heavy atom. The quantitative estimate of drug-likeness (QED) is 0.101. The molecule has 0 amide bonds. The lowest BCUT2D eigenvalue weighted by atomic mass is 9.46. The number of aliphatic hydroxyl groups is 7. The Balaban J connectivity index is 0.729. The fourth-order valence-corrected chi connectivity index (χ4v) is 14.8. The number of hydrogen-bond donors (Lipinski definition) is 7. The van der Waals surface area contributed by atoms with Gasteiger partial charge in [0.1, 0.15) is 66.5 Å². The summed E-state index contributed by atoms with van der Waals surface area (Å²) in [6.07, 6.45) is -10.2. The van der Waals surface area contributed by atoms with Gasteiger partial charge in [0.05, 0.1) is 49.3 Å². The molecule has 20 heteroatoms. The Bertz CT molecular complexity index is 1840. The summed E-state index contributed by atoms with van der Waals surface area (Å²) >= 11 is 0. The van der Waals surface area contributed by atoms with Crippen molar-refractivity contribution in [3.63, 3.8) is 0 Å². The van der Waals surface area contributed by atoms with Crippen LogP contribution in [0.15, 0.2) is 11.6 Å². The van der Waals surface area contributed by atoms with Gasteiger partial charge in [-0.25, -0.2) is 0 Å². The molecule has 6 aliphatic heterocycles. The summed E-state index contributed by atoms with van der Waals surface area (Å²) in [7, 11) is 3.14. The first kappa shape index (κ1) is 49.1. The second-order valence-electron chi connectivity index (χ2n) is 21.4. The number of carbonyl (C=O) groups excluding carboxylic acids is 1. The minimum Gasteiger partial charge on any atom is -0.432 e. The van der Waals surface area contributed by atoms with Gasteiger partial charge in [-0.1, -0.05) is 18.6 Å². The highest BCUT2D eigenvalue weighted by atomic mass is 16.8. The number of aliphatic hydroxyl groups excluding tert-OH is 7. The molecule has 1 spiro atoms. The molecule has 380 valence electrons. The standard InChI is InChI=1S/C47H72O20/c1-20-38(63-32-17-27(57-6)39(21(2)59-32)64-42-37(54)35(52)40(29(19-49)62-42)65-41-36(53)34(51)33(50)28(18-48)61-41)26(56-5)16-31(58-20)60-23-9-12-44(3)22(15-23)7-8-25-24(44)10-13-46-30-11-14-47(25,46)67-45(30,4)66-43(46)55/h7,20-21,23-42,48-54H,8-19H2,1-6H3/t20-,21-,23+,24+,25-,26+,27+,28-,29-,30-,31+,32+,33-,34+,35-,36-,37-,38-,39-,40-,41+,42+,44+,45-,46-,47+/m1/s1. The molecule has 0 radical (unpaired) electrons. The molecular weight excluding hydrogens is 884 g/mol. The van der Waals surface area contributed by atoms with Gasteiger partial charge in [0.15, 0.2) is 25.2 Å². The van der Waals surface area contributed by atoms with Crippen LogP contribution in [0.3, 0.4) is 0 Å². The highest BCUT2D eigenvalue weighted by Gasteiger charge is 2.86. The van der Waals surface area contributed by atoms with Crippen molar-refractivity contribution in [2.24, 2.45) is 28.6 Å². The molecule has 3 saturated carbocycles. The zero-order valence-corrected chi connectivity index (χ0v) is 39.2. The van der Waals surface area contributed by atoms with E-state index in [1.807, 2.05) is 13.8 Å². The lowest BCUT2D eigenvalue weighted by Crippen LogP contribution is -2.65. The summed E-state index contributed by atoms with van der Waals surface area (Å²) in [5.74, 6) is 0.0560. The Hall–Kier alpha value is -1.51. The molecule has 0 aromatic carbocycles. The minimum atomic E-state index is -1.79. The number of rotatable bonds is 12. The van der Waals surface area contributed by atoms with Gasteiger partial charge in [-0.3, -0.25) is 4.79 Å². The summed E-state index contributed by atoms with van der Waals surface area (Å²) < 4.78 is 74.0. The molecular formula is C47H72O20. The van der Waals surface area contributed by atoms with E-state index in [1.165, 1.54) is 12.7 Å². The van der Waals surface area contributed by atoms with E-state index in [0.29, 0.717) is 18.3 Å². The van der Waals surface area contributed by atoms with Crippen LogP contribution in [0.5, 0.6) is 0 Å². The number of methoxy groups -OCH3 is 2. The maximum Gasteiger partial charge on any atom is 0.318 e. The van der Waals surface area contributed by atoms with Crippen molar-refractivity contribution in [2.45, 2.75) is 220 Å². The summed E-state index contributed by atoms with van der Waals surface area (Å²) in [4.78, 5) is 13.5. The Labute approximate surface area is 390 Å². The fraction of sp³-hybridized carbons (Fsp3) is 0.936. The molecule has 9 fully saturated rings. The molecule has 26 atom stereocenters. The van der Waals surface area contributed by atoms with Crippen LogP contribution >= 0.6 is 0 Å².